The van der Waals surface area contributed by atoms with Gasteiger partial charge >= 0.3 is 0 Å². The second kappa shape index (κ2) is 6.26. The summed E-state index contributed by atoms with van der Waals surface area (Å²) >= 11 is 1.66. The van der Waals surface area contributed by atoms with Crippen molar-refractivity contribution in [2.45, 2.75) is 25.9 Å². The van der Waals surface area contributed by atoms with E-state index in [4.69, 9.17) is 4.74 Å². The third kappa shape index (κ3) is 2.94. The Balaban J connectivity index is 1.69. The minimum atomic E-state index is 0.293. The molecule has 2 aromatic heterocycles. The van der Waals surface area contributed by atoms with Gasteiger partial charge in [-0.05, 0) is 25.3 Å². The van der Waals surface area contributed by atoms with E-state index in [1.807, 2.05) is 0 Å². The van der Waals surface area contributed by atoms with Crippen LogP contribution in [0.4, 0.5) is 5.82 Å². The Bertz CT molecular complexity index is 807. The molecule has 1 atom stereocenters. The first-order valence-electron chi connectivity index (χ1n) is 7.96. The van der Waals surface area contributed by atoms with Crippen LogP contribution in [0, 0.1) is 6.92 Å². The van der Waals surface area contributed by atoms with Crippen molar-refractivity contribution in [3.05, 3.63) is 41.5 Å². The molecule has 23 heavy (non-hydrogen) atoms. The predicted octanol–water partition coefficient (Wildman–Crippen LogP) is 4.26. The molecule has 1 fully saturated rings. The zero-order chi connectivity index (χ0) is 15.6. The molecule has 1 N–H and O–H groups in total. The Hall–Kier alpha value is -1.98. The molecule has 3 heterocycles. The van der Waals surface area contributed by atoms with Gasteiger partial charge in [-0.3, -0.25) is 0 Å². The number of aromatic nitrogens is 2. The molecule has 5 heteroatoms. The number of fused-ring (bicyclic) bond motifs is 1. The maximum absolute atomic E-state index is 5.69. The highest BCUT2D eigenvalue weighted by Crippen LogP contribution is 2.36. The molecule has 0 aliphatic carbocycles. The highest BCUT2D eigenvalue weighted by Gasteiger charge is 2.17. The maximum Gasteiger partial charge on any atom is 0.138 e. The van der Waals surface area contributed by atoms with E-state index >= 15 is 0 Å². The molecular formula is C18H19N3OS. The van der Waals surface area contributed by atoms with Gasteiger partial charge in [-0.2, -0.15) is 0 Å². The summed E-state index contributed by atoms with van der Waals surface area (Å²) in [6.07, 6.45) is 4.20. The molecule has 0 bridgehead atoms. The summed E-state index contributed by atoms with van der Waals surface area (Å²) in [5.41, 5.74) is 3.67. The van der Waals surface area contributed by atoms with Gasteiger partial charge in [0.15, 0.2) is 0 Å². The number of thiophene rings is 1. The number of rotatable bonds is 4. The molecule has 1 aliphatic heterocycles. The lowest BCUT2D eigenvalue weighted by molar-refractivity contribution is 0.120. The van der Waals surface area contributed by atoms with Crippen molar-refractivity contribution in [2.75, 3.05) is 18.5 Å². The Morgan fingerprint density at radius 2 is 2.13 bits per heavy atom. The summed E-state index contributed by atoms with van der Waals surface area (Å²) in [7, 11) is 0. The van der Waals surface area contributed by atoms with E-state index < -0.39 is 0 Å². The fraction of sp³-hybridized carbons (Fsp3) is 0.333. The van der Waals surface area contributed by atoms with Gasteiger partial charge in [-0.15, -0.1) is 11.3 Å². The fourth-order valence-electron chi connectivity index (χ4n) is 2.97. The summed E-state index contributed by atoms with van der Waals surface area (Å²) in [5, 5.41) is 6.75. The summed E-state index contributed by atoms with van der Waals surface area (Å²) in [4.78, 5) is 9.91. The lowest BCUT2D eigenvalue weighted by Crippen LogP contribution is -2.19. The smallest absolute Gasteiger partial charge is 0.138 e. The van der Waals surface area contributed by atoms with Crippen LogP contribution in [0.25, 0.3) is 21.3 Å². The molecule has 0 amide bonds. The van der Waals surface area contributed by atoms with Crippen LogP contribution in [0.1, 0.15) is 18.4 Å². The number of nitrogens with zero attached hydrogens (tertiary/aromatic N) is 2. The van der Waals surface area contributed by atoms with Crippen LogP contribution < -0.4 is 5.32 Å². The molecule has 1 aromatic carbocycles. The molecule has 1 aliphatic rings. The van der Waals surface area contributed by atoms with Crippen molar-refractivity contribution in [1.82, 2.24) is 9.97 Å². The van der Waals surface area contributed by atoms with Gasteiger partial charge in [-0.25, -0.2) is 9.97 Å². The fourth-order valence-corrected chi connectivity index (χ4v) is 3.89. The van der Waals surface area contributed by atoms with Crippen molar-refractivity contribution in [3.63, 3.8) is 0 Å². The van der Waals surface area contributed by atoms with Crippen LogP contribution in [-0.4, -0.2) is 29.2 Å². The second-order valence-corrected chi connectivity index (χ2v) is 6.79. The summed E-state index contributed by atoms with van der Waals surface area (Å²) in [6, 6.07) is 8.60. The van der Waals surface area contributed by atoms with E-state index in [2.05, 4.69) is 51.9 Å². The summed E-state index contributed by atoms with van der Waals surface area (Å²) < 4.78 is 5.69. The van der Waals surface area contributed by atoms with Crippen LogP contribution in [0.3, 0.4) is 0 Å². The van der Waals surface area contributed by atoms with Gasteiger partial charge in [0.2, 0.25) is 0 Å². The van der Waals surface area contributed by atoms with Crippen molar-refractivity contribution in [2.24, 2.45) is 0 Å². The number of hydrogen-bond donors (Lipinski definition) is 1. The zero-order valence-electron chi connectivity index (χ0n) is 13.1. The Morgan fingerprint density at radius 1 is 1.26 bits per heavy atom. The number of nitrogens with one attached hydrogen (secondary N) is 1. The molecule has 1 saturated heterocycles. The molecule has 4 nitrogen and oxygen atoms in total. The number of ether oxygens (including phenoxy) is 1. The van der Waals surface area contributed by atoms with Crippen LogP contribution >= 0.6 is 11.3 Å². The van der Waals surface area contributed by atoms with E-state index in [1.165, 1.54) is 16.7 Å². The first-order chi connectivity index (χ1) is 11.3. The van der Waals surface area contributed by atoms with Gasteiger partial charge in [0.1, 0.15) is 17.0 Å². The van der Waals surface area contributed by atoms with E-state index in [0.717, 1.165) is 42.0 Å². The molecule has 0 saturated carbocycles. The summed E-state index contributed by atoms with van der Waals surface area (Å²) in [6.45, 7) is 3.78. The van der Waals surface area contributed by atoms with E-state index in [9.17, 15) is 0 Å². The van der Waals surface area contributed by atoms with Crippen LogP contribution in [0.5, 0.6) is 0 Å². The first kappa shape index (κ1) is 14.6. The average molecular weight is 325 g/mol. The van der Waals surface area contributed by atoms with E-state index in [-0.39, 0.29) is 0 Å². The van der Waals surface area contributed by atoms with Gasteiger partial charge in [0.25, 0.3) is 0 Å². The largest absolute Gasteiger partial charge is 0.376 e. The first-order valence-corrected chi connectivity index (χ1v) is 8.84. The van der Waals surface area contributed by atoms with Gasteiger partial charge in [0, 0.05) is 24.1 Å². The normalized spacial score (nSPS) is 17.7. The number of hydrogen-bond acceptors (Lipinski definition) is 5. The third-order valence-corrected chi connectivity index (χ3v) is 5.14. The van der Waals surface area contributed by atoms with Crippen molar-refractivity contribution >= 4 is 27.4 Å². The molecule has 4 rings (SSSR count). The van der Waals surface area contributed by atoms with Gasteiger partial charge < -0.3 is 10.1 Å². The number of benzene rings is 1. The highest BCUT2D eigenvalue weighted by atomic mass is 32.1. The van der Waals surface area contributed by atoms with Crippen LogP contribution in [-0.2, 0) is 4.74 Å². The lowest BCUT2D eigenvalue weighted by atomic mass is 10.0. The number of aryl methyl sites for hydroxylation is 1. The quantitative estimate of drug-likeness (QED) is 0.778. The van der Waals surface area contributed by atoms with Gasteiger partial charge in [0.05, 0.1) is 11.5 Å². The molecule has 0 radical (unpaired) electrons. The standard InChI is InChI=1S/C18H19N3OS/c1-12-4-6-13(7-5-12)15-10-23-18-16(15)17(20-11-21-18)19-9-14-3-2-8-22-14/h4-7,10-11,14H,2-3,8-9H2,1H3,(H,19,20,21)/t14-/m0/s1. The predicted molar refractivity (Wildman–Crippen MR) is 95.1 cm³/mol. The van der Waals surface area contributed by atoms with Crippen LogP contribution in [0.15, 0.2) is 36.0 Å². The molecular weight excluding hydrogens is 306 g/mol. The lowest BCUT2D eigenvalue weighted by Gasteiger charge is -2.12. The topological polar surface area (TPSA) is 47.0 Å². The Labute approximate surface area is 139 Å². The van der Waals surface area contributed by atoms with Crippen LogP contribution in [0.2, 0.25) is 0 Å². The number of anilines is 1. The minimum Gasteiger partial charge on any atom is -0.376 e. The SMILES string of the molecule is Cc1ccc(-c2csc3ncnc(NC[C@@H]4CCCO4)c23)cc1. The minimum absolute atomic E-state index is 0.293. The Kier molecular flexibility index (Phi) is 3.97. The monoisotopic (exact) mass is 325 g/mol. The molecule has 118 valence electrons. The van der Waals surface area contributed by atoms with Crippen molar-refractivity contribution in [3.8, 4) is 11.1 Å². The Morgan fingerprint density at radius 3 is 2.91 bits per heavy atom. The van der Waals surface area contributed by atoms with Crippen molar-refractivity contribution in [1.29, 1.82) is 0 Å². The third-order valence-electron chi connectivity index (χ3n) is 4.25. The van der Waals surface area contributed by atoms with E-state index in [1.54, 1.807) is 17.7 Å². The van der Waals surface area contributed by atoms with E-state index in [0.29, 0.717) is 6.10 Å². The highest BCUT2D eigenvalue weighted by molar-refractivity contribution is 7.17. The summed E-state index contributed by atoms with van der Waals surface area (Å²) in [5.74, 6) is 0.905. The van der Waals surface area contributed by atoms with Crippen molar-refractivity contribution < 1.29 is 4.74 Å². The average Bonchev–Trinajstić information content (AvgIpc) is 3.23. The zero-order valence-corrected chi connectivity index (χ0v) is 13.9. The maximum atomic E-state index is 5.69. The van der Waals surface area contributed by atoms with Gasteiger partial charge in [-0.1, -0.05) is 29.8 Å². The second-order valence-electron chi connectivity index (χ2n) is 5.93. The molecule has 0 spiro atoms. The molecule has 3 aromatic rings. The molecule has 0 unspecified atom stereocenters.